The lowest BCUT2D eigenvalue weighted by Crippen LogP contribution is -2.28. The third kappa shape index (κ3) is 5.19. The molecule has 1 atom stereocenters. The number of anilines is 1. The number of carbonyl (C=O) groups excluding carboxylic acids is 1. The van der Waals surface area contributed by atoms with Gasteiger partial charge in [-0.15, -0.1) is 0 Å². The van der Waals surface area contributed by atoms with Crippen molar-refractivity contribution in [3.8, 4) is 0 Å². The number of halogens is 1. The van der Waals surface area contributed by atoms with E-state index in [4.69, 9.17) is 11.6 Å². The first-order chi connectivity index (χ1) is 13.7. The van der Waals surface area contributed by atoms with Gasteiger partial charge in [-0.3, -0.25) is 14.2 Å². The first-order valence-corrected chi connectivity index (χ1v) is 10.7. The van der Waals surface area contributed by atoms with Gasteiger partial charge in [0.1, 0.15) is 0 Å². The molecule has 29 heavy (non-hydrogen) atoms. The Morgan fingerprint density at radius 1 is 1.17 bits per heavy atom. The standard InChI is InChI=1S/C22H24ClN3O2S/c1-13(2)12-26-21(28)18-11-16(23)7-10-19(18)25-22(26)29-15(4)20(27)24-17-8-5-14(3)6-9-17/h5-11,13,15H,12H2,1-4H3,(H,24,27)/t15-/m0/s1. The molecule has 0 aliphatic rings. The van der Waals surface area contributed by atoms with Gasteiger partial charge in [-0.2, -0.15) is 0 Å². The third-order valence-corrected chi connectivity index (χ3v) is 5.72. The van der Waals surface area contributed by atoms with Crippen molar-refractivity contribution in [2.24, 2.45) is 5.92 Å². The second kappa shape index (κ2) is 9.01. The number of rotatable bonds is 6. The molecule has 0 spiro atoms. The molecule has 0 fully saturated rings. The summed E-state index contributed by atoms with van der Waals surface area (Å²) in [5, 5.41) is 4.01. The number of aromatic nitrogens is 2. The maximum atomic E-state index is 13.1. The number of thioether (sulfide) groups is 1. The molecule has 3 aromatic rings. The summed E-state index contributed by atoms with van der Waals surface area (Å²) in [6, 6.07) is 12.7. The summed E-state index contributed by atoms with van der Waals surface area (Å²) in [6.45, 7) is 8.40. The normalized spacial score (nSPS) is 12.3. The minimum atomic E-state index is -0.425. The molecule has 0 saturated heterocycles. The van der Waals surface area contributed by atoms with Gasteiger partial charge in [0.15, 0.2) is 5.16 Å². The number of carbonyl (C=O) groups is 1. The van der Waals surface area contributed by atoms with Crippen LogP contribution in [0.3, 0.4) is 0 Å². The fraction of sp³-hybridized carbons (Fsp3) is 0.318. The van der Waals surface area contributed by atoms with Crippen molar-refractivity contribution in [2.45, 2.75) is 44.6 Å². The van der Waals surface area contributed by atoms with Crippen LogP contribution in [-0.4, -0.2) is 20.7 Å². The van der Waals surface area contributed by atoms with Crippen LogP contribution in [0.15, 0.2) is 52.4 Å². The third-order valence-electron chi connectivity index (χ3n) is 4.40. The van der Waals surface area contributed by atoms with Crippen LogP contribution >= 0.6 is 23.4 Å². The summed E-state index contributed by atoms with van der Waals surface area (Å²) in [4.78, 5) is 30.4. The predicted octanol–water partition coefficient (Wildman–Crippen LogP) is 5.13. The first kappa shape index (κ1) is 21.4. The van der Waals surface area contributed by atoms with E-state index < -0.39 is 5.25 Å². The van der Waals surface area contributed by atoms with Gasteiger partial charge in [-0.25, -0.2) is 4.98 Å². The molecule has 5 nitrogen and oxygen atoms in total. The molecule has 152 valence electrons. The molecule has 1 N–H and O–H groups in total. The zero-order valence-electron chi connectivity index (χ0n) is 16.9. The van der Waals surface area contributed by atoms with E-state index >= 15 is 0 Å². The lowest BCUT2D eigenvalue weighted by molar-refractivity contribution is -0.115. The van der Waals surface area contributed by atoms with Crippen molar-refractivity contribution in [2.75, 3.05) is 5.32 Å². The van der Waals surface area contributed by atoms with Crippen molar-refractivity contribution in [3.05, 3.63) is 63.4 Å². The number of aryl methyl sites for hydroxylation is 1. The molecular weight excluding hydrogens is 406 g/mol. The molecule has 0 radical (unpaired) electrons. The van der Waals surface area contributed by atoms with E-state index in [1.54, 1.807) is 22.8 Å². The van der Waals surface area contributed by atoms with Gasteiger partial charge in [-0.1, -0.05) is 54.9 Å². The molecule has 0 saturated carbocycles. The minimum absolute atomic E-state index is 0.139. The molecule has 3 rings (SSSR count). The largest absolute Gasteiger partial charge is 0.325 e. The van der Waals surface area contributed by atoms with Gasteiger partial charge >= 0.3 is 0 Å². The van der Waals surface area contributed by atoms with E-state index in [-0.39, 0.29) is 17.4 Å². The van der Waals surface area contributed by atoms with Crippen molar-refractivity contribution < 1.29 is 4.79 Å². The highest BCUT2D eigenvalue weighted by Crippen LogP contribution is 2.25. The Labute approximate surface area is 179 Å². The highest BCUT2D eigenvalue weighted by molar-refractivity contribution is 8.00. The Kier molecular flexibility index (Phi) is 6.65. The summed E-state index contributed by atoms with van der Waals surface area (Å²) in [6.07, 6.45) is 0. The van der Waals surface area contributed by atoms with Gasteiger partial charge in [0.2, 0.25) is 5.91 Å². The second-order valence-electron chi connectivity index (χ2n) is 7.48. The van der Waals surface area contributed by atoms with E-state index in [9.17, 15) is 9.59 Å². The average Bonchev–Trinajstić information content (AvgIpc) is 2.67. The summed E-state index contributed by atoms with van der Waals surface area (Å²) < 4.78 is 1.64. The van der Waals surface area contributed by atoms with Gasteiger partial charge < -0.3 is 5.32 Å². The summed E-state index contributed by atoms with van der Waals surface area (Å²) >= 11 is 7.35. The average molecular weight is 430 g/mol. The molecule has 1 heterocycles. The van der Waals surface area contributed by atoms with Crippen molar-refractivity contribution >= 4 is 45.9 Å². The quantitative estimate of drug-likeness (QED) is 0.435. The Morgan fingerprint density at radius 2 is 1.86 bits per heavy atom. The van der Waals surface area contributed by atoms with Crippen molar-refractivity contribution in [3.63, 3.8) is 0 Å². The van der Waals surface area contributed by atoms with Gasteiger partial charge in [0.05, 0.1) is 16.2 Å². The van der Waals surface area contributed by atoms with Crippen LogP contribution < -0.4 is 10.9 Å². The number of nitrogens with zero attached hydrogens (tertiary/aromatic N) is 2. The minimum Gasteiger partial charge on any atom is -0.325 e. The second-order valence-corrected chi connectivity index (χ2v) is 9.23. The molecule has 1 amide bonds. The van der Waals surface area contributed by atoms with Crippen LogP contribution in [0, 0.1) is 12.8 Å². The van der Waals surface area contributed by atoms with E-state index in [0.717, 1.165) is 11.3 Å². The van der Waals surface area contributed by atoms with E-state index in [0.29, 0.717) is 27.6 Å². The lowest BCUT2D eigenvalue weighted by Gasteiger charge is -2.17. The smallest absolute Gasteiger partial charge is 0.262 e. The fourth-order valence-electron chi connectivity index (χ4n) is 2.88. The molecular formula is C22H24ClN3O2S. The van der Waals surface area contributed by atoms with Gasteiger partial charge in [0.25, 0.3) is 5.56 Å². The molecule has 2 aromatic carbocycles. The molecule has 0 bridgehead atoms. The Balaban J connectivity index is 1.91. The monoisotopic (exact) mass is 429 g/mol. The first-order valence-electron chi connectivity index (χ1n) is 9.49. The van der Waals surface area contributed by atoms with Crippen LogP contribution in [0.1, 0.15) is 26.3 Å². The molecule has 0 unspecified atom stereocenters. The van der Waals surface area contributed by atoms with E-state index in [1.807, 2.05) is 52.0 Å². The predicted molar refractivity (Wildman–Crippen MR) is 121 cm³/mol. The zero-order valence-corrected chi connectivity index (χ0v) is 18.5. The van der Waals surface area contributed by atoms with Crippen molar-refractivity contribution in [1.29, 1.82) is 0 Å². The maximum Gasteiger partial charge on any atom is 0.262 e. The lowest BCUT2D eigenvalue weighted by atomic mass is 10.2. The number of nitrogens with one attached hydrogen (secondary N) is 1. The zero-order chi connectivity index (χ0) is 21.1. The van der Waals surface area contributed by atoms with Crippen LogP contribution in [0.4, 0.5) is 5.69 Å². The molecule has 7 heteroatoms. The summed E-state index contributed by atoms with van der Waals surface area (Å²) in [5.41, 5.74) is 2.31. The highest BCUT2D eigenvalue weighted by atomic mass is 35.5. The number of hydrogen-bond donors (Lipinski definition) is 1. The molecule has 0 aliphatic carbocycles. The fourth-order valence-corrected chi connectivity index (χ4v) is 3.97. The SMILES string of the molecule is Cc1ccc(NC(=O)[C@H](C)Sc2nc3ccc(Cl)cc3c(=O)n2CC(C)C)cc1. The number of hydrogen-bond acceptors (Lipinski definition) is 4. The topological polar surface area (TPSA) is 64.0 Å². The van der Waals surface area contributed by atoms with Crippen LogP contribution in [0.25, 0.3) is 10.9 Å². The van der Waals surface area contributed by atoms with Crippen LogP contribution in [0.2, 0.25) is 5.02 Å². The van der Waals surface area contributed by atoms with Crippen LogP contribution in [-0.2, 0) is 11.3 Å². The van der Waals surface area contributed by atoms with Crippen molar-refractivity contribution in [1.82, 2.24) is 9.55 Å². The summed E-state index contributed by atoms with van der Waals surface area (Å²) in [7, 11) is 0. The number of amides is 1. The van der Waals surface area contributed by atoms with Gasteiger partial charge in [0, 0.05) is 17.3 Å². The Morgan fingerprint density at radius 3 is 2.52 bits per heavy atom. The van der Waals surface area contributed by atoms with Crippen LogP contribution in [0.5, 0.6) is 0 Å². The van der Waals surface area contributed by atoms with E-state index in [2.05, 4.69) is 10.3 Å². The highest BCUT2D eigenvalue weighted by Gasteiger charge is 2.20. The summed E-state index contributed by atoms with van der Waals surface area (Å²) in [5.74, 6) is 0.113. The number of benzene rings is 2. The van der Waals surface area contributed by atoms with Gasteiger partial charge in [-0.05, 0) is 50.1 Å². The maximum absolute atomic E-state index is 13.1. The number of fused-ring (bicyclic) bond motifs is 1. The molecule has 1 aromatic heterocycles. The molecule has 0 aliphatic heterocycles. The Bertz CT molecular complexity index is 1090. The van der Waals surface area contributed by atoms with E-state index in [1.165, 1.54) is 11.8 Å². The Hall–Kier alpha value is -2.31.